The summed E-state index contributed by atoms with van der Waals surface area (Å²) in [6.07, 6.45) is 2.51. The van der Waals surface area contributed by atoms with Crippen LogP contribution >= 0.6 is 0 Å². The van der Waals surface area contributed by atoms with E-state index in [1.165, 1.54) is 0 Å². The molecule has 22 heavy (non-hydrogen) atoms. The summed E-state index contributed by atoms with van der Waals surface area (Å²) >= 11 is 0. The summed E-state index contributed by atoms with van der Waals surface area (Å²) < 4.78 is 5.41. The molecule has 0 unspecified atom stereocenters. The van der Waals surface area contributed by atoms with E-state index in [9.17, 15) is 4.79 Å². The SMILES string of the molecule is CCCNC(=O)c1cc(-c2ccco2)nc2ccc(C)cc12. The predicted molar refractivity (Wildman–Crippen MR) is 86.8 cm³/mol. The van der Waals surface area contributed by atoms with Crippen LogP contribution in [0.3, 0.4) is 0 Å². The molecule has 112 valence electrons. The van der Waals surface area contributed by atoms with Gasteiger partial charge in [-0.25, -0.2) is 4.98 Å². The van der Waals surface area contributed by atoms with Crippen molar-refractivity contribution in [2.45, 2.75) is 20.3 Å². The number of carbonyl (C=O) groups is 1. The first-order chi connectivity index (χ1) is 10.7. The largest absolute Gasteiger partial charge is 0.463 e. The van der Waals surface area contributed by atoms with E-state index in [0.29, 0.717) is 23.6 Å². The van der Waals surface area contributed by atoms with Crippen LogP contribution in [0.4, 0.5) is 0 Å². The number of aromatic nitrogens is 1. The summed E-state index contributed by atoms with van der Waals surface area (Å²) in [4.78, 5) is 17.1. The maximum absolute atomic E-state index is 12.5. The first-order valence-corrected chi connectivity index (χ1v) is 7.42. The number of nitrogens with one attached hydrogen (secondary N) is 1. The molecule has 2 heterocycles. The smallest absolute Gasteiger partial charge is 0.252 e. The van der Waals surface area contributed by atoms with Crippen LogP contribution in [0.15, 0.2) is 47.1 Å². The quantitative estimate of drug-likeness (QED) is 0.793. The molecule has 4 heteroatoms. The lowest BCUT2D eigenvalue weighted by atomic mass is 10.0. The Hall–Kier alpha value is -2.62. The highest BCUT2D eigenvalue weighted by molar-refractivity contribution is 6.07. The topological polar surface area (TPSA) is 55.1 Å². The van der Waals surface area contributed by atoms with E-state index in [1.54, 1.807) is 12.3 Å². The van der Waals surface area contributed by atoms with E-state index in [0.717, 1.165) is 22.9 Å². The van der Waals surface area contributed by atoms with E-state index >= 15 is 0 Å². The number of pyridine rings is 1. The molecule has 1 N–H and O–H groups in total. The number of nitrogens with zero attached hydrogens (tertiary/aromatic N) is 1. The van der Waals surface area contributed by atoms with Crippen molar-refractivity contribution >= 4 is 16.8 Å². The summed E-state index contributed by atoms with van der Waals surface area (Å²) in [6.45, 7) is 4.70. The second-order valence-electron chi connectivity index (χ2n) is 5.31. The number of aryl methyl sites for hydroxylation is 1. The molecule has 0 saturated carbocycles. The summed E-state index contributed by atoms with van der Waals surface area (Å²) in [5.41, 5.74) is 3.20. The fourth-order valence-corrected chi connectivity index (χ4v) is 2.41. The third-order valence-electron chi connectivity index (χ3n) is 3.52. The number of hydrogen-bond donors (Lipinski definition) is 1. The van der Waals surface area contributed by atoms with Gasteiger partial charge < -0.3 is 9.73 Å². The fraction of sp³-hybridized carbons (Fsp3) is 0.222. The van der Waals surface area contributed by atoms with Gasteiger partial charge in [-0.3, -0.25) is 4.79 Å². The van der Waals surface area contributed by atoms with Gasteiger partial charge in [0.1, 0.15) is 5.69 Å². The molecule has 2 aromatic heterocycles. The van der Waals surface area contributed by atoms with E-state index in [1.807, 2.05) is 44.2 Å². The average molecular weight is 294 g/mol. The zero-order valence-electron chi connectivity index (χ0n) is 12.7. The zero-order valence-corrected chi connectivity index (χ0v) is 12.7. The van der Waals surface area contributed by atoms with Gasteiger partial charge in [-0.05, 0) is 43.7 Å². The number of hydrogen-bond acceptors (Lipinski definition) is 3. The third-order valence-corrected chi connectivity index (χ3v) is 3.52. The molecule has 0 aliphatic carbocycles. The lowest BCUT2D eigenvalue weighted by Gasteiger charge is -2.10. The molecule has 0 aliphatic rings. The molecule has 1 aromatic carbocycles. The zero-order chi connectivity index (χ0) is 15.5. The Labute approximate surface area is 129 Å². The van der Waals surface area contributed by atoms with Gasteiger partial charge >= 0.3 is 0 Å². The van der Waals surface area contributed by atoms with Gasteiger partial charge in [0.05, 0.1) is 17.3 Å². The third kappa shape index (κ3) is 2.72. The monoisotopic (exact) mass is 294 g/mol. The summed E-state index contributed by atoms with van der Waals surface area (Å²) in [7, 11) is 0. The minimum absolute atomic E-state index is 0.0762. The summed E-state index contributed by atoms with van der Waals surface area (Å²) in [6, 6.07) is 11.4. The Morgan fingerprint density at radius 2 is 2.14 bits per heavy atom. The number of fused-ring (bicyclic) bond motifs is 1. The van der Waals surface area contributed by atoms with Crippen LogP contribution in [0.5, 0.6) is 0 Å². The van der Waals surface area contributed by atoms with Crippen LogP contribution in [-0.2, 0) is 0 Å². The first-order valence-electron chi connectivity index (χ1n) is 7.42. The van der Waals surface area contributed by atoms with E-state index in [-0.39, 0.29) is 5.91 Å². The molecule has 0 saturated heterocycles. The normalized spacial score (nSPS) is 10.8. The van der Waals surface area contributed by atoms with Gasteiger partial charge in [0, 0.05) is 11.9 Å². The van der Waals surface area contributed by atoms with E-state index in [2.05, 4.69) is 10.3 Å². The molecule has 3 rings (SSSR count). The molecule has 1 amide bonds. The van der Waals surface area contributed by atoms with Crippen molar-refractivity contribution in [2.75, 3.05) is 6.54 Å². The maximum atomic E-state index is 12.5. The average Bonchev–Trinajstić information content (AvgIpc) is 3.06. The standard InChI is InChI=1S/C18H18N2O2/c1-3-8-19-18(21)14-11-16(17-5-4-9-22-17)20-15-7-6-12(2)10-13(14)15/h4-7,9-11H,3,8H2,1-2H3,(H,19,21). The number of carbonyl (C=O) groups excluding carboxylic acids is 1. The van der Waals surface area contributed by atoms with Crippen LogP contribution in [0, 0.1) is 6.92 Å². The first kappa shape index (κ1) is 14.3. The van der Waals surface area contributed by atoms with Gasteiger partial charge in [-0.2, -0.15) is 0 Å². The highest BCUT2D eigenvalue weighted by atomic mass is 16.3. The molecule has 0 spiro atoms. The molecular weight excluding hydrogens is 276 g/mol. The number of furan rings is 1. The second kappa shape index (κ2) is 6.02. The van der Waals surface area contributed by atoms with E-state index < -0.39 is 0 Å². The van der Waals surface area contributed by atoms with Gasteiger partial charge in [0.15, 0.2) is 5.76 Å². The molecule has 0 aliphatic heterocycles. The van der Waals surface area contributed by atoms with Gasteiger partial charge in [0.25, 0.3) is 5.91 Å². The van der Waals surface area contributed by atoms with Crippen molar-refractivity contribution in [1.29, 1.82) is 0 Å². The molecule has 0 fully saturated rings. The Morgan fingerprint density at radius 3 is 2.86 bits per heavy atom. The number of benzene rings is 1. The molecule has 3 aromatic rings. The molecule has 4 nitrogen and oxygen atoms in total. The van der Waals surface area contributed by atoms with Gasteiger partial charge in [-0.15, -0.1) is 0 Å². The molecular formula is C18H18N2O2. The Balaban J connectivity index is 2.17. The minimum atomic E-state index is -0.0762. The van der Waals surface area contributed by atoms with Crippen LogP contribution in [0.1, 0.15) is 29.3 Å². The van der Waals surface area contributed by atoms with Crippen LogP contribution in [0.25, 0.3) is 22.4 Å². The van der Waals surface area contributed by atoms with Crippen LogP contribution in [0.2, 0.25) is 0 Å². The van der Waals surface area contributed by atoms with E-state index in [4.69, 9.17) is 4.42 Å². The molecule has 0 radical (unpaired) electrons. The van der Waals surface area contributed by atoms with Gasteiger partial charge in [-0.1, -0.05) is 18.6 Å². The van der Waals surface area contributed by atoms with Crippen molar-refractivity contribution in [1.82, 2.24) is 10.3 Å². The van der Waals surface area contributed by atoms with Crippen molar-refractivity contribution in [3.05, 3.63) is 53.8 Å². The minimum Gasteiger partial charge on any atom is -0.463 e. The van der Waals surface area contributed by atoms with Crippen molar-refractivity contribution < 1.29 is 9.21 Å². The number of rotatable bonds is 4. The Kier molecular flexibility index (Phi) is 3.92. The van der Waals surface area contributed by atoms with Crippen molar-refractivity contribution in [3.8, 4) is 11.5 Å². The van der Waals surface area contributed by atoms with Crippen molar-refractivity contribution in [2.24, 2.45) is 0 Å². The molecule has 0 bridgehead atoms. The maximum Gasteiger partial charge on any atom is 0.252 e. The summed E-state index contributed by atoms with van der Waals surface area (Å²) in [5, 5.41) is 3.80. The summed E-state index contributed by atoms with van der Waals surface area (Å²) in [5.74, 6) is 0.583. The lowest BCUT2D eigenvalue weighted by Crippen LogP contribution is -2.24. The second-order valence-corrected chi connectivity index (χ2v) is 5.31. The lowest BCUT2D eigenvalue weighted by molar-refractivity contribution is 0.0955. The Bertz CT molecular complexity index is 807. The Morgan fingerprint density at radius 1 is 1.27 bits per heavy atom. The fourth-order valence-electron chi connectivity index (χ4n) is 2.41. The van der Waals surface area contributed by atoms with Crippen LogP contribution < -0.4 is 5.32 Å². The van der Waals surface area contributed by atoms with Crippen molar-refractivity contribution in [3.63, 3.8) is 0 Å². The number of amides is 1. The molecule has 0 atom stereocenters. The predicted octanol–water partition coefficient (Wildman–Crippen LogP) is 3.94. The van der Waals surface area contributed by atoms with Crippen LogP contribution in [-0.4, -0.2) is 17.4 Å². The van der Waals surface area contributed by atoms with Gasteiger partial charge in [0.2, 0.25) is 0 Å². The highest BCUT2D eigenvalue weighted by Crippen LogP contribution is 2.26. The highest BCUT2D eigenvalue weighted by Gasteiger charge is 2.14.